The number of carbonyl (C=O) groups excluding carboxylic acids is 3. The number of aromatic nitrogens is 4. The molecule has 1 unspecified atom stereocenters. The van der Waals surface area contributed by atoms with Gasteiger partial charge in [0.05, 0.1) is 23.4 Å². The number of urea groups is 1. The summed E-state index contributed by atoms with van der Waals surface area (Å²) in [6.07, 6.45) is -0.455. The highest BCUT2D eigenvalue weighted by Crippen LogP contribution is 2.36. The van der Waals surface area contributed by atoms with E-state index in [1.165, 1.54) is 11.1 Å². The first-order chi connectivity index (χ1) is 22.1. The maximum Gasteiger partial charge on any atom is 0.432 e. The van der Waals surface area contributed by atoms with Gasteiger partial charge in [0.1, 0.15) is 16.2 Å². The van der Waals surface area contributed by atoms with Crippen LogP contribution in [0.2, 0.25) is 0 Å². The Kier molecular flexibility index (Phi) is 9.07. The summed E-state index contributed by atoms with van der Waals surface area (Å²) < 4.78 is 11.8. The minimum atomic E-state index is -1.23. The number of nitrogens with one attached hydrogen (secondary N) is 2. The van der Waals surface area contributed by atoms with Crippen molar-refractivity contribution in [3.05, 3.63) is 48.7 Å². The number of likely N-dealkylation sites (tertiary alicyclic amines) is 1. The van der Waals surface area contributed by atoms with Gasteiger partial charge in [0.2, 0.25) is 5.13 Å². The molecule has 5 rings (SSSR count). The normalized spacial score (nSPS) is 14.9. The van der Waals surface area contributed by atoms with Gasteiger partial charge in [-0.3, -0.25) is 0 Å². The number of nitrogens with zero attached hydrogens (tertiary/aromatic N) is 6. The van der Waals surface area contributed by atoms with Crippen molar-refractivity contribution in [3.8, 4) is 10.6 Å². The molecule has 2 aromatic carbocycles. The largest absolute Gasteiger partial charge is 0.463 e. The molecule has 3 heterocycles. The Balaban J connectivity index is 1.33. The van der Waals surface area contributed by atoms with Crippen molar-refractivity contribution < 1.29 is 33.8 Å². The van der Waals surface area contributed by atoms with Gasteiger partial charge in [0, 0.05) is 29.7 Å². The molecule has 1 aliphatic heterocycles. The van der Waals surface area contributed by atoms with Crippen molar-refractivity contribution in [3.63, 3.8) is 0 Å². The van der Waals surface area contributed by atoms with Gasteiger partial charge < -0.3 is 30.1 Å². The van der Waals surface area contributed by atoms with E-state index < -0.39 is 29.5 Å². The lowest BCUT2D eigenvalue weighted by Crippen LogP contribution is -2.42. The molecular formula is C31H36N8O7S. The van der Waals surface area contributed by atoms with Gasteiger partial charge in [-0.25, -0.2) is 24.1 Å². The van der Waals surface area contributed by atoms with Gasteiger partial charge >= 0.3 is 24.3 Å². The third-order valence-electron chi connectivity index (χ3n) is 6.73. The van der Waals surface area contributed by atoms with E-state index in [0.717, 1.165) is 16.0 Å². The van der Waals surface area contributed by atoms with E-state index >= 15 is 0 Å². The lowest BCUT2D eigenvalue weighted by molar-refractivity contribution is 0.0505. The lowest BCUT2D eigenvalue weighted by Gasteiger charge is -2.25. The average molecular weight is 665 g/mol. The molecule has 47 heavy (non-hydrogen) atoms. The standard InChI is InChI=1S/C31H36N8O7S/c1-30(2,3)45-27(41)34-21-12-13-37(17-21)25(40)33-20-9-7-8-18(14-20)24-35-36-26(47-24)38(29(44)46-31(4,5)6)22-10-11-23-19(15-22)16-32-39(23)28(42)43/h7-11,14-16,21H,12-13,17H2,1-6H3,(H,33,40)(H,34,41)(H,42,43). The van der Waals surface area contributed by atoms with Gasteiger partial charge in [0.15, 0.2) is 0 Å². The van der Waals surface area contributed by atoms with Crippen LogP contribution < -0.4 is 15.5 Å². The predicted octanol–water partition coefficient (Wildman–Crippen LogP) is 6.29. The SMILES string of the molecule is CC(C)(C)OC(=O)NC1CCN(C(=O)Nc2cccc(-c3nnc(N(C(=O)OC(C)(C)C)c4ccc5c(cnn5C(=O)O)c4)s3)c2)C1. The number of anilines is 3. The molecule has 0 spiro atoms. The molecule has 0 radical (unpaired) electrons. The Morgan fingerprint density at radius 3 is 2.45 bits per heavy atom. The summed E-state index contributed by atoms with van der Waals surface area (Å²) in [5.41, 5.74) is 0.485. The zero-order chi connectivity index (χ0) is 34.1. The van der Waals surface area contributed by atoms with E-state index in [1.54, 1.807) is 88.9 Å². The molecular weight excluding hydrogens is 628 g/mol. The van der Waals surface area contributed by atoms with Crippen molar-refractivity contribution >= 4 is 63.1 Å². The Morgan fingerprint density at radius 1 is 1.00 bits per heavy atom. The Bertz CT molecular complexity index is 1820. The zero-order valence-electron chi connectivity index (χ0n) is 26.8. The van der Waals surface area contributed by atoms with E-state index in [2.05, 4.69) is 25.9 Å². The van der Waals surface area contributed by atoms with Crippen LogP contribution in [0.5, 0.6) is 0 Å². The summed E-state index contributed by atoms with van der Waals surface area (Å²) in [5, 5.41) is 28.8. The molecule has 2 aromatic heterocycles. The maximum atomic E-state index is 13.4. The predicted molar refractivity (Wildman–Crippen MR) is 175 cm³/mol. The number of carbonyl (C=O) groups is 4. The maximum absolute atomic E-state index is 13.4. The molecule has 0 saturated carbocycles. The average Bonchev–Trinajstić information content (AvgIpc) is 3.71. The van der Waals surface area contributed by atoms with E-state index in [1.807, 2.05) is 0 Å². The molecule has 1 saturated heterocycles. The van der Waals surface area contributed by atoms with Crippen molar-refractivity contribution in [1.82, 2.24) is 30.2 Å². The summed E-state index contributed by atoms with van der Waals surface area (Å²) in [6.45, 7) is 11.4. The summed E-state index contributed by atoms with van der Waals surface area (Å²) in [7, 11) is 0. The number of hydrogen-bond acceptors (Lipinski definition) is 10. The highest BCUT2D eigenvalue weighted by Gasteiger charge is 2.30. The van der Waals surface area contributed by atoms with Crippen LogP contribution in [0.4, 0.5) is 35.7 Å². The highest BCUT2D eigenvalue weighted by molar-refractivity contribution is 7.18. The number of amides is 4. The molecule has 16 heteroatoms. The molecule has 1 atom stereocenters. The molecule has 1 fully saturated rings. The van der Waals surface area contributed by atoms with Crippen LogP contribution in [0.3, 0.4) is 0 Å². The number of hydrogen-bond donors (Lipinski definition) is 3. The second-order valence-corrected chi connectivity index (χ2v) is 13.8. The molecule has 248 valence electrons. The Hall–Kier alpha value is -5.25. The number of fused-ring (bicyclic) bond motifs is 1. The van der Waals surface area contributed by atoms with Gasteiger partial charge in [-0.2, -0.15) is 9.78 Å². The smallest absolute Gasteiger partial charge is 0.432 e. The molecule has 3 N–H and O–H groups in total. The molecule has 0 aliphatic carbocycles. The van der Waals surface area contributed by atoms with Crippen molar-refractivity contribution in [2.75, 3.05) is 23.3 Å². The molecule has 4 aromatic rings. The van der Waals surface area contributed by atoms with Crippen molar-refractivity contribution in [2.24, 2.45) is 0 Å². The number of rotatable bonds is 5. The first-order valence-electron chi connectivity index (χ1n) is 14.8. The number of ether oxygens (including phenoxy) is 2. The van der Waals surface area contributed by atoms with E-state index in [4.69, 9.17) is 9.47 Å². The second kappa shape index (κ2) is 12.9. The quantitative estimate of drug-likeness (QED) is 0.219. The minimum absolute atomic E-state index is 0.217. The van der Waals surface area contributed by atoms with Crippen LogP contribution in [0, 0.1) is 0 Å². The van der Waals surface area contributed by atoms with E-state index in [9.17, 15) is 24.3 Å². The second-order valence-electron chi connectivity index (χ2n) is 12.9. The van der Waals surface area contributed by atoms with Crippen LogP contribution in [-0.2, 0) is 9.47 Å². The topological polar surface area (TPSA) is 181 Å². The van der Waals surface area contributed by atoms with Crippen LogP contribution >= 0.6 is 11.3 Å². The summed E-state index contributed by atoms with van der Waals surface area (Å²) in [4.78, 5) is 53.0. The van der Waals surface area contributed by atoms with E-state index in [0.29, 0.717) is 52.4 Å². The van der Waals surface area contributed by atoms with E-state index in [-0.39, 0.29) is 17.2 Å². The molecule has 1 aliphatic rings. The van der Waals surface area contributed by atoms with Crippen LogP contribution in [0.1, 0.15) is 48.0 Å². The van der Waals surface area contributed by atoms with Gasteiger partial charge in [-0.05, 0) is 78.3 Å². The first-order valence-corrected chi connectivity index (χ1v) is 15.6. The molecule has 15 nitrogen and oxygen atoms in total. The van der Waals surface area contributed by atoms with Gasteiger partial charge in [-0.1, -0.05) is 23.5 Å². The lowest BCUT2D eigenvalue weighted by atomic mass is 10.2. The highest BCUT2D eigenvalue weighted by atomic mass is 32.1. The fourth-order valence-corrected chi connectivity index (χ4v) is 5.66. The molecule has 4 amide bonds. The van der Waals surface area contributed by atoms with Crippen molar-refractivity contribution in [2.45, 2.75) is 65.2 Å². The number of alkyl carbamates (subject to hydrolysis) is 1. The first kappa shape index (κ1) is 33.1. The fourth-order valence-electron chi connectivity index (χ4n) is 4.81. The minimum Gasteiger partial charge on any atom is -0.463 e. The van der Waals surface area contributed by atoms with Crippen molar-refractivity contribution in [1.29, 1.82) is 0 Å². The Labute approximate surface area is 274 Å². The number of benzene rings is 2. The van der Waals surface area contributed by atoms with Gasteiger partial charge in [-0.15, -0.1) is 10.2 Å². The van der Waals surface area contributed by atoms with Crippen LogP contribution in [0.15, 0.2) is 48.7 Å². The van der Waals surface area contributed by atoms with Crippen LogP contribution in [0.25, 0.3) is 21.5 Å². The third kappa shape index (κ3) is 8.13. The zero-order valence-corrected chi connectivity index (χ0v) is 27.6. The van der Waals surface area contributed by atoms with Crippen LogP contribution in [-0.4, -0.2) is 84.6 Å². The third-order valence-corrected chi connectivity index (χ3v) is 7.69. The Morgan fingerprint density at radius 2 is 1.74 bits per heavy atom. The number of carboxylic acid groups (broad SMARTS) is 1. The summed E-state index contributed by atoms with van der Waals surface area (Å²) >= 11 is 1.13. The summed E-state index contributed by atoms with van der Waals surface area (Å²) in [6, 6.07) is 11.3. The van der Waals surface area contributed by atoms with Gasteiger partial charge in [0.25, 0.3) is 0 Å². The monoisotopic (exact) mass is 664 g/mol. The summed E-state index contributed by atoms with van der Waals surface area (Å²) in [5.74, 6) is 0. The fraction of sp³-hybridized carbons (Fsp3) is 0.387. The molecule has 0 bridgehead atoms.